The van der Waals surface area contributed by atoms with E-state index in [4.69, 9.17) is 11.6 Å². The van der Waals surface area contributed by atoms with Crippen molar-refractivity contribution in [2.75, 3.05) is 0 Å². The van der Waals surface area contributed by atoms with Gasteiger partial charge < -0.3 is 5.11 Å². The zero-order valence-corrected chi connectivity index (χ0v) is 14.7. The van der Waals surface area contributed by atoms with E-state index in [-0.39, 0.29) is 11.4 Å². The first-order valence-corrected chi connectivity index (χ1v) is 8.52. The van der Waals surface area contributed by atoms with E-state index in [9.17, 15) is 24.8 Å². The molecule has 0 unspecified atom stereocenters. The summed E-state index contributed by atoms with van der Waals surface area (Å²) in [5.74, 6) is -0.950. The Kier molecular flexibility index (Phi) is 4.97. The summed E-state index contributed by atoms with van der Waals surface area (Å²) in [6, 6.07) is 10.5. The molecule has 1 aliphatic heterocycles. The van der Waals surface area contributed by atoms with Crippen molar-refractivity contribution in [2.45, 2.75) is 6.54 Å². The molecule has 1 aliphatic rings. The number of nitro benzene ring substituents is 1. The van der Waals surface area contributed by atoms with Crippen molar-refractivity contribution >= 4 is 46.3 Å². The third kappa shape index (κ3) is 3.71. The molecule has 3 rings (SSSR count). The molecule has 0 aliphatic carbocycles. The molecule has 9 heteroatoms. The second-order valence-electron chi connectivity index (χ2n) is 5.40. The van der Waals surface area contributed by atoms with Gasteiger partial charge in [-0.15, -0.1) is 0 Å². The van der Waals surface area contributed by atoms with Crippen molar-refractivity contribution in [1.29, 1.82) is 0 Å². The highest BCUT2D eigenvalue weighted by molar-refractivity contribution is 8.18. The van der Waals surface area contributed by atoms with Crippen molar-refractivity contribution in [2.24, 2.45) is 0 Å². The van der Waals surface area contributed by atoms with Gasteiger partial charge in [0.1, 0.15) is 0 Å². The van der Waals surface area contributed by atoms with Crippen LogP contribution in [0.15, 0.2) is 47.4 Å². The summed E-state index contributed by atoms with van der Waals surface area (Å²) in [4.78, 5) is 36.0. The summed E-state index contributed by atoms with van der Waals surface area (Å²) >= 11 is 6.58. The molecule has 1 saturated heterocycles. The molecule has 0 atom stereocenters. The first-order chi connectivity index (χ1) is 12.3. The van der Waals surface area contributed by atoms with Crippen LogP contribution in [0.4, 0.5) is 10.5 Å². The second kappa shape index (κ2) is 7.19. The Hall–Kier alpha value is -2.84. The van der Waals surface area contributed by atoms with E-state index in [0.717, 1.165) is 28.3 Å². The number of hydrogen-bond acceptors (Lipinski definition) is 6. The van der Waals surface area contributed by atoms with Gasteiger partial charge in [0.25, 0.3) is 11.1 Å². The number of imide groups is 1. The lowest BCUT2D eigenvalue weighted by Gasteiger charge is -2.12. The molecule has 1 fully saturated rings. The van der Waals surface area contributed by atoms with Crippen molar-refractivity contribution in [1.82, 2.24) is 4.90 Å². The normalized spacial score (nSPS) is 15.7. The van der Waals surface area contributed by atoms with Gasteiger partial charge in [0.2, 0.25) is 0 Å². The van der Waals surface area contributed by atoms with Gasteiger partial charge in [-0.25, -0.2) is 0 Å². The number of nitrogens with zero attached hydrogens (tertiary/aromatic N) is 2. The van der Waals surface area contributed by atoms with Gasteiger partial charge >= 0.3 is 5.69 Å². The summed E-state index contributed by atoms with van der Waals surface area (Å²) in [7, 11) is 0. The minimum Gasteiger partial charge on any atom is -0.502 e. The molecule has 0 bridgehead atoms. The van der Waals surface area contributed by atoms with Gasteiger partial charge in [-0.05, 0) is 47.2 Å². The van der Waals surface area contributed by atoms with E-state index in [0.29, 0.717) is 10.6 Å². The Bertz CT molecular complexity index is 943. The van der Waals surface area contributed by atoms with Crippen LogP contribution in [0.1, 0.15) is 11.1 Å². The molecule has 2 aromatic carbocycles. The fourth-order valence-electron chi connectivity index (χ4n) is 2.34. The molecule has 0 radical (unpaired) electrons. The molecular weight excluding hydrogens is 380 g/mol. The highest BCUT2D eigenvalue weighted by Crippen LogP contribution is 2.35. The molecule has 0 saturated carbocycles. The molecule has 2 amide bonds. The lowest BCUT2D eigenvalue weighted by molar-refractivity contribution is -0.385. The van der Waals surface area contributed by atoms with Crippen molar-refractivity contribution < 1.29 is 19.6 Å². The third-order valence-corrected chi connectivity index (χ3v) is 4.78. The van der Waals surface area contributed by atoms with E-state index in [1.807, 2.05) is 0 Å². The number of rotatable bonds is 4. The first kappa shape index (κ1) is 18.0. The maximum Gasteiger partial charge on any atom is 0.311 e. The van der Waals surface area contributed by atoms with Crippen LogP contribution in [-0.4, -0.2) is 26.1 Å². The number of hydrogen-bond donors (Lipinski definition) is 1. The number of nitro groups is 1. The van der Waals surface area contributed by atoms with Gasteiger partial charge in [-0.1, -0.05) is 29.8 Å². The maximum atomic E-state index is 12.5. The molecule has 7 nitrogen and oxygen atoms in total. The third-order valence-electron chi connectivity index (χ3n) is 3.62. The molecule has 132 valence electrons. The largest absolute Gasteiger partial charge is 0.502 e. The summed E-state index contributed by atoms with van der Waals surface area (Å²) < 4.78 is 0. The number of amides is 2. The van der Waals surface area contributed by atoms with Crippen LogP contribution in [0.5, 0.6) is 5.75 Å². The van der Waals surface area contributed by atoms with Crippen LogP contribution in [0.2, 0.25) is 5.02 Å². The van der Waals surface area contributed by atoms with Gasteiger partial charge in [0.15, 0.2) is 5.75 Å². The zero-order valence-electron chi connectivity index (χ0n) is 13.1. The van der Waals surface area contributed by atoms with Crippen LogP contribution >= 0.6 is 23.4 Å². The average molecular weight is 391 g/mol. The molecule has 0 aromatic heterocycles. The Morgan fingerprint density at radius 3 is 2.54 bits per heavy atom. The summed E-state index contributed by atoms with van der Waals surface area (Å²) in [6.45, 7) is 0.106. The molecule has 1 heterocycles. The van der Waals surface area contributed by atoms with Gasteiger partial charge in [-0.3, -0.25) is 24.6 Å². The number of aromatic hydroxyl groups is 1. The van der Waals surface area contributed by atoms with Crippen LogP contribution in [0.3, 0.4) is 0 Å². The van der Waals surface area contributed by atoms with Gasteiger partial charge in [-0.2, -0.15) is 0 Å². The summed E-state index contributed by atoms with van der Waals surface area (Å²) in [5.41, 5.74) is 0.615. The second-order valence-corrected chi connectivity index (χ2v) is 6.83. The van der Waals surface area contributed by atoms with Crippen molar-refractivity contribution in [3.63, 3.8) is 0 Å². The average Bonchev–Trinajstić information content (AvgIpc) is 2.85. The molecule has 0 spiro atoms. The number of halogens is 1. The number of carbonyl (C=O) groups is 2. The zero-order chi connectivity index (χ0) is 18.8. The predicted octanol–water partition coefficient (Wildman–Crippen LogP) is 4.19. The van der Waals surface area contributed by atoms with E-state index in [1.165, 1.54) is 18.2 Å². The summed E-state index contributed by atoms with van der Waals surface area (Å²) in [5, 5.41) is 20.5. The fourth-order valence-corrected chi connectivity index (χ4v) is 3.30. The van der Waals surface area contributed by atoms with E-state index >= 15 is 0 Å². The monoisotopic (exact) mass is 390 g/mol. The molecular formula is C17H11ClN2O5S. The Labute approximate surface area is 157 Å². The lowest BCUT2D eigenvalue weighted by atomic mass is 10.1. The summed E-state index contributed by atoms with van der Waals surface area (Å²) in [6.07, 6.45) is 1.39. The van der Waals surface area contributed by atoms with Gasteiger partial charge in [0.05, 0.1) is 16.4 Å². The number of phenols is 1. The predicted molar refractivity (Wildman–Crippen MR) is 97.7 cm³/mol. The fraction of sp³-hybridized carbons (Fsp3) is 0.0588. The van der Waals surface area contributed by atoms with Crippen LogP contribution in [0.25, 0.3) is 6.08 Å². The van der Waals surface area contributed by atoms with Crippen LogP contribution in [-0.2, 0) is 11.3 Å². The SMILES string of the molecule is O=C1SC(=Cc2ccc(O)c([N+](=O)[O-])c2)C(=O)N1Cc1ccc(Cl)cc1. The van der Waals surface area contributed by atoms with Crippen molar-refractivity contribution in [3.05, 3.63) is 73.6 Å². The standard InChI is InChI=1S/C17H11ClN2O5S/c18-12-4-1-10(2-5-12)9-19-16(22)15(26-17(19)23)8-11-3-6-14(21)13(7-11)20(24)25/h1-8,21H,9H2. The number of phenolic OH excluding ortho intramolecular Hbond substituents is 1. The maximum absolute atomic E-state index is 12.5. The molecule has 1 N–H and O–H groups in total. The minimum absolute atomic E-state index is 0.106. The minimum atomic E-state index is -0.723. The van der Waals surface area contributed by atoms with E-state index in [1.54, 1.807) is 24.3 Å². The van der Waals surface area contributed by atoms with Crippen molar-refractivity contribution in [3.8, 4) is 5.75 Å². The van der Waals surface area contributed by atoms with Gasteiger partial charge in [0, 0.05) is 11.1 Å². The Balaban J connectivity index is 1.84. The van der Waals surface area contributed by atoms with Crippen LogP contribution in [0, 0.1) is 10.1 Å². The first-order valence-electron chi connectivity index (χ1n) is 7.32. The quantitative estimate of drug-likeness (QED) is 0.477. The van der Waals surface area contributed by atoms with E-state index < -0.39 is 27.5 Å². The smallest absolute Gasteiger partial charge is 0.311 e. The molecule has 2 aromatic rings. The number of benzene rings is 2. The topological polar surface area (TPSA) is 101 Å². The van der Waals surface area contributed by atoms with E-state index in [2.05, 4.69) is 0 Å². The Morgan fingerprint density at radius 1 is 1.19 bits per heavy atom. The number of thioether (sulfide) groups is 1. The highest BCUT2D eigenvalue weighted by atomic mass is 35.5. The molecule has 26 heavy (non-hydrogen) atoms. The van der Waals surface area contributed by atoms with Crippen LogP contribution < -0.4 is 0 Å². The highest BCUT2D eigenvalue weighted by Gasteiger charge is 2.35. The lowest BCUT2D eigenvalue weighted by Crippen LogP contribution is -2.27. The Morgan fingerprint density at radius 2 is 1.88 bits per heavy atom. The number of carbonyl (C=O) groups excluding carboxylic acids is 2.